The molecule has 1 aliphatic carbocycles. The molecule has 3 heterocycles. The molecule has 2 aromatic heterocycles. The van der Waals surface area contributed by atoms with E-state index < -0.39 is 0 Å². The van der Waals surface area contributed by atoms with Gasteiger partial charge >= 0.3 is 0 Å². The second-order valence-electron chi connectivity index (χ2n) is 8.18. The number of rotatable bonds is 6. The number of piperidine rings is 1. The first-order valence-corrected chi connectivity index (χ1v) is 10.9. The topological polar surface area (TPSA) is 100 Å². The number of furan rings is 1. The number of nitrogens with zero attached hydrogens (tertiary/aromatic N) is 3. The first-order chi connectivity index (χ1) is 14.7. The van der Waals surface area contributed by atoms with Gasteiger partial charge in [-0.25, -0.2) is 9.97 Å². The summed E-state index contributed by atoms with van der Waals surface area (Å²) in [5.41, 5.74) is 0.180. The molecule has 2 fully saturated rings. The van der Waals surface area contributed by atoms with Crippen LogP contribution in [0.25, 0.3) is 0 Å². The summed E-state index contributed by atoms with van der Waals surface area (Å²) in [5.74, 6) is 0.855. The van der Waals surface area contributed by atoms with Gasteiger partial charge in [0, 0.05) is 37.4 Å². The Morgan fingerprint density at radius 2 is 1.83 bits per heavy atom. The van der Waals surface area contributed by atoms with Gasteiger partial charge in [-0.15, -0.1) is 0 Å². The Morgan fingerprint density at radius 1 is 1.07 bits per heavy atom. The third-order valence-corrected chi connectivity index (χ3v) is 6.01. The third kappa shape index (κ3) is 5.24. The number of hydrogen-bond donors (Lipinski definition) is 2. The zero-order chi connectivity index (χ0) is 20.8. The number of amides is 2. The van der Waals surface area contributed by atoms with Crippen LogP contribution in [0.3, 0.4) is 0 Å². The molecule has 0 atom stereocenters. The highest BCUT2D eigenvalue weighted by molar-refractivity contribution is 6.01. The highest BCUT2D eigenvalue weighted by Crippen LogP contribution is 2.25. The molecule has 1 saturated carbocycles. The van der Waals surface area contributed by atoms with Crippen molar-refractivity contribution in [3.63, 3.8) is 0 Å². The van der Waals surface area contributed by atoms with Crippen LogP contribution in [0.5, 0.6) is 0 Å². The van der Waals surface area contributed by atoms with Gasteiger partial charge in [0.25, 0.3) is 5.91 Å². The molecule has 4 rings (SSSR count). The molecular weight excluding hydrogens is 382 g/mol. The lowest BCUT2D eigenvalue weighted by atomic mass is 9.89. The van der Waals surface area contributed by atoms with Crippen molar-refractivity contribution in [1.82, 2.24) is 20.2 Å². The molecule has 8 heteroatoms. The summed E-state index contributed by atoms with van der Waals surface area (Å²) in [7, 11) is 0. The molecule has 0 radical (unpaired) electrons. The summed E-state index contributed by atoms with van der Waals surface area (Å²) < 4.78 is 5.41. The first kappa shape index (κ1) is 20.5. The highest BCUT2D eigenvalue weighted by Gasteiger charge is 2.26. The van der Waals surface area contributed by atoms with Gasteiger partial charge in [0.15, 0.2) is 11.5 Å². The van der Waals surface area contributed by atoms with Crippen molar-refractivity contribution in [2.45, 2.75) is 57.5 Å². The molecule has 0 bridgehead atoms. The van der Waals surface area contributed by atoms with Gasteiger partial charge in [-0.05, 0) is 37.8 Å². The quantitative estimate of drug-likeness (QED) is 0.758. The van der Waals surface area contributed by atoms with Gasteiger partial charge in [0.2, 0.25) is 5.91 Å². The van der Waals surface area contributed by atoms with Crippen LogP contribution < -0.4 is 10.6 Å². The van der Waals surface area contributed by atoms with E-state index >= 15 is 0 Å². The first-order valence-electron chi connectivity index (χ1n) is 10.9. The lowest BCUT2D eigenvalue weighted by Crippen LogP contribution is -2.44. The number of nitrogens with one attached hydrogen (secondary N) is 2. The largest absolute Gasteiger partial charge is 0.468 e. The number of carbonyl (C=O) groups excluding carboxylic acids is 2. The SMILES string of the molecule is O=C(NC1CCN(Cc2ccco2)CC1)c1nccnc1NC(=O)C1CCCCC1. The average molecular weight is 412 g/mol. The van der Waals surface area contributed by atoms with Crippen LogP contribution in [0.1, 0.15) is 61.2 Å². The van der Waals surface area contributed by atoms with E-state index in [1.165, 1.54) is 18.8 Å². The van der Waals surface area contributed by atoms with Crippen molar-refractivity contribution in [1.29, 1.82) is 0 Å². The van der Waals surface area contributed by atoms with Crippen LogP contribution in [-0.4, -0.2) is 45.8 Å². The van der Waals surface area contributed by atoms with Crippen molar-refractivity contribution in [3.05, 3.63) is 42.2 Å². The van der Waals surface area contributed by atoms with E-state index in [-0.39, 0.29) is 35.3 Å². The Kier molecular flexibility index (Phi) is 6.74. The fourth-order valence-corrected chi connectivity index (χ4v) is 4.29. The second-order valence-corrected chi connectivity index (χ2v) is 8.18. The zero-order valence-corrected chi connectivity index (χ0v) is 17.2. The molecule has 0 spiro atoms. The fourth-order valence-electron chi connectivity index (χ4n) is 4.29. The summed E-state index contributed by atoms with van der Waals surface area (Å²) in [6.07, 6.45) is 11.5. The number of likely N-dealkylation sites (tertiary alicyclic amines) is 1. The van der Waals surface area contributed by atoms with Crippen molar-refractivity contribution >= 4 is 17.6 Å². The van der Waals surface area contributed by atoms with Crippen molar-refractivity contribution in [3.8, 4) is 0 Å². The van der Waals surface area contributed by atoms with Gasteiger partial charge < -0.3 is 15.1 Å². The standard InChI is InChI=1S/C22H29N5O3/c28-21(16-5-2-1-3-6-16)26-20-19(23-10-11-24-20)22(29)25-17-8-12-27(13-9-17)15-18-7-4-14-30-18/h4,7,10-11,14,16-17H,1-3,5-6,8-9,12-13,15H2,(H,25,29)(H,24,26,28). The second kappa shape index (κ2) is 9.84. The molecule has 1 aliphatic heterocycles. The predicted octanol–water partition coefficient (Wildman–Crippen LogP) is 2.98. The summed E-state index contributed by atoms with van der Waals surface area (Å²) in [4.78, 5) is 36.1. The van der Waals surface area contributed by atoms with Crippen LogP contribution in [0.15, 0.2) is 35.2 Å². The van der Waals surface area contributed by atoms with Gasteiger partial charge in [-0.1, -0.05) is 19.3 Å². The summed E-state index contributed by atoms with van der Waals surface area (Å²) in [6.45, 7) is 2.56. The summed E-state index contributed by atoms with van der Waals surface area (Å²) >= 11 is 0. The predicted molar refractivity (Wildman–Crippen MR) is 112 cm³/mol. The maximum atomic E-state index is 12.8. The minimum absolute atomic E-state index is 0.00448. The van der Waals surface area contributed by atoms with Crippen molar-refractivity contribution in [2.75, 3.05) is 18.4 Å². The van der Waals surface area contributed by atoms with Crippen LogP contribution in [0.4, 0.5) is 5.82 Å². The van der Waals surface area contributed by atoms with Crippen molar-refractivity contribution < 1.29 is 14.0 Å². The van der Waals surface area contributed by atoms with Gasteiger partial charge in [-0.2, -0.15) is 0 Å². The highest BCUT2D eigenvalue weighted by atomic mass is 16.3. The normalized spacial score (nSPS) is 18.8. The number of anilines is 1. The lowest BCUT2D eigenvalue weighted by molar-refractivity contribution is -0.120. The molecule has 2 aromatic rings. The van der Waals surface area contributed by atoms with E-state index in [1.807, 2.05) is 12.1 Å². The van der Waals surface area contributed by atoms with Crippen LogP contribution in [-0.2, 0) is 11.3 Å². The van der Waals surface area contributed by atoms with E-state index in [0.717, 1.165) is 63.9 Å². The van der Waals surface area contributed by atoms with E-state index in [4.69, 9.17) is 4.42 Å². The van der Waals surface area contributed by atoms with Crippen molar-refractivity contribution in [2.24, 2.45) is 5.92 Å². The molecule has 30 heavy (non-hydrogen) atoms. The van der Waals surface area contributed by atoms with Crippen LogP contribution >= 0.6 is 0 Å². The summed E-state index contributed by atoms with van der Waals surface area (Å²) in [5, 5.41) is 5.90. The fraction of sp³-hybridized carbons (Fsp3) is 0.545. The Hall–Kier alpha value is -2.74. The van der Waals surface area contributed by atoms with Gasteiger partial charge in [-0.3, -0.25) is 14.5 Å². The number of hydrogen-bond acceptors (Lipinski definition) is 6. The van der Waals surface area contributed by atoms with E-state index in [2.05, 4.69) is 25.5 Å². The zero-order valence-electron chi connectivity index (χ0n) is 17.2. The van der Waals surface area contributed by atoms with E-state index in [0.29, 0.717) is 0 Å². The van der Waals surface area contributed by atoms with E-state index in [9.17, 15) is 9.59 Å². The minimum Gasteiger partial charge on any atom is -0.468 e. The molecule has 2 aliphatic rings. The number of aromatic nitrogens is 2. The molecule has 0 aromatic carbocycles. The summed E-state index contributed by atoms with van der Waals surface area (Å²) in [6, 6.07) is 3.95. The van der Waals surface area contributed by atoms with Crippen LogP contribution in [0, 0.1) is 5.92 Å². The smallest absolute Gasteiger partial charge is 0.273 e. The van der Waals surface area contributed by atoms with Gasteiger partial charge in [0.1, 0.15) is 5.76 Å². The molecule has 1 saturated heterocycles. The maximum Gasteiger partial charge on any atom is 0.273 e. The number of carbonyl (C=O) groups is 2. The minimum atomic E-state index is -0.286. The molecule has 0 unspecified atom stereocenters. The Labute approximate surface area is 176 Å². The maximum absolute atomic E-state index is 12.8. The molecule has 2 N–H and O–H groups in total. The molecule has 8 nitrogen and oxygen atoms in total. The monoisotopic (exact) mass is 411 g/mol. The molecule has 2 amide bonds. The Bertz CT molecular complexity index is 840. The molecular formula is C22H29N5O3. The Morgan fingerprint density at radius 3 is 2.57 bits per heavy atom. The lowest BCUT2D eigenvalue weighted by Gasteiger charge is -2.31. The van der Waals surface area contributed by atoms with Gasteiger partial charge in [0.05, 0.1) is 12.8 Å². The van der Waals surface area contributed by atoms with Crippen LogP contribution in [0.2, 0.25) is 0 Å². The Balaban J connectivity index is 1.31. The third-order valence-electron chi connectivity index (χ3n) is 6.01. The molecule has 160 valence electrons. The van der Waals surface area contributed by atoms with E-state index in [1.54, 1.807) is 6.26 Å². The average Bonchev–Trinajstić information content (AvgIpc) is 3.29.